The van der Waals surface area contributed by atoms with Crippen LogP contribution in [0.3, 0.4) is 0 Å². The molecule has 2 fully saturated rings. The smallest absolute Gasteiger partial charge is 0.309 e. The van der Waals surface area contributed by atoms with E-state index in [1.807, 2.05) is 13.8 Å². The van der Waals surface area contributed by atoms with E-state index in [1.165, 1.54) is 12.8 Å². The highest BCUT2D eigenvalue weighted by atomic mass is 16.5. The quantitative estimate of drug-likeness (QED) is 0.773. The lowest BCUT2D eigenvalue weighted by Crippen LogP contribution is -2.47. The van der Waals surface area contributed by atoms with Gasteiger partial charge in [0.25, 0.3) is 0 Å². The zero-order chi connectivity index (χ0) is 13.0. The second-order valence-corrected chi connectivity index (χ2v) is 5.78. The molecule has 0 saturated carbocycles. The summed E-state index contributed by atoms with van der Waals surface area (Å²) in [6.07, 6.45) is 4.45. The van der Waals surface area contributed by atoms with E-state index < -0.39 is 0 Å². The van der Waals surface area contributed by atoms with Crippen molar-refractivity contribution in [2.45, 2.75) is 51.7 Å². The van der Waals surface area contributed by atoms with Gasteiger partial charge in [-0.15, -0.1) is 0 Å². The maximum Gasteiger partial charge on any atom is 0.309 e. The number of likely N-dealkylation sites (tertiary alicyclic amines) is 1. The van der Waals surface area contributed by atoms with E-state index in [0.29, 0.717) is 0 Å². The molecule has 0 aromatic heterocycles. The number of esters is 1. The average molecular weight is 254 g/mol. The summed E-state index contributed by atoms with van der Waals surface area (Å²) in [4.78, 5) is 14.4. The van der Waals surface area contributed by atoms with Crippen LogP contribution in [0.1, 0.15) is 39.5 Å². The SMILES string of the molecule is CC(C)OC(=O)C1CCN(C2CCNCC2)CC1. The molecule has 2 saturated heterocycles. The fourth-order valence-corrected chi connectivity index (χ4v) is 3.00. The van der Waals surface area contributed by atoms with E-state index in [0.717, 1.165) is 45.1 Å². The van der Waals surface area contributed by atoms with Crippen molar-refractivity contribution in [2.24, 2.45) is 5.92 Å². The Morgan fingerprint density at radius 3 is 2.33 bits per heavy atom. The molecule has 2 aliphatic rings. The fraction of sp³-hybridized carbons (Fsp3) is 0.929. The number of rotatable bonds is 3. The van der Waals surface area contributed by atoms with Gasteiger partial charge in [0, 0.05) is 6.04 Å². The number of nitrogens with one attached hydrogen (secondary N) is 1. The van der Waals surface area contributed by atoms with E-state index in [1.54, 1.807) is 0 Å². The third-order valence-corrected chi connectivity index (χ3v) is 4.04. The van der Waals surface area contributed by atoms with Gasteiger partial charge < -0.3 is 15.0 Å². The predicted molar refractivity (Wildman–Crippen MR) is 71.4 cm³/mol. The third kappa shape index (κ3) is 3.69. The van der Waals surface area contributed by atoms with E-state index in [4.69, 9.17) is 4.74 Å². The van der Waals surface area contributed by atoms with Gasteiger partial charge in [0.05, 0.1) is 12.0 Å². The number of ether oxygens (including phenoxy) is 1. The van der Waals surface area contributed by atoms with Crippen molar-refractivity contribution in [1.82, 2.24) is 10.2 Å². The molecule has 2 rings (SSSR count). The zero-order valence-corrected chi connectivity index (χ0v) is 11.7. The van der Waals surface area contributed by atoms with Crippen LogP contribution >= 0.6 is 0 Å². The molecule has 1 N–H and O–H groups in total. The summed E-state index contributed by atoms with van der Waals surface area (Å²) in [5.74, 6) is 0.139. The molecule has 2 heterocycles. The summed E-state index contributed by atoms with van der Waals surface area (Å²) in [6, 6.07) is 0.730. The van der Waals surface area contributed by atoms with Crippen molar-refractivity contribution in [3.05, 3.63) is 0 Å². The first-order valence-corrected chi connectivity index (χ1v) is 7.32. The molecule has 0 aromatic rings. The first kappa shape index (κ1) is 13.8. The van der Waals surface area contributed by atoms with Crippen LogP contribution in [0, 0.1) is 5.92 Å². The Hall–Kier alpha value is -0.610. The second kappa shape index (κ2) is 6.53. The van der Waals surface area contributed by atoms with Crippen LogP contribution < -0.4 is 5.32 Å². The largest absolute Gasteiger partial charge is 0.463 e. The number of hydrogen-bond donors (Lipinski definition) is 1. The average Bonchev–Trinajstić information content (AvgIpc) is 2.39. The van der Waals surface area contributed by atoms with Gasteiger partial charge >= 0.3 is 5.97 Å². The van der Waals surface area contributed by atoms with Crippen molar-refractivity contribution in [3.63, 3.8) is 0 Å². The summed E-state index contributed by atoms with van der Waals surface area (Å²) < 4.78 is 5.30. The zero-order valence-electron chi connectivity index (χ0n) is 11.7. The second-order valence-electron chi connectivity index (χ2n) is 5.78. The van der Waals surface area contributed by atoms with Crippen LogP contribution in [0.2, 0.25) is 0 Å². The number of hydrogen-bond acceptors (Lipinski definition) is 4. The molecular weight excluding hydrogens is 228 g/mol. The van der Waals surface area contributed by atoms with Gasteiger partial charge in [-0.05, 0) is 65.7 Å². The van der Waals surface area contributed by atoms with E-state index >= 15 is 0 Å². The lowest BCUT2D eigenvalue weighted by atomic mass is 9.94. The Labute approximate surface area is 110 Å². The molecular formula is C14H26N2O2. The van der Waals surface area contributed by atoms with E-state index in [2.05, 4.69) is 10.2 Å². The third-order valence-electron chi connectivity index (χ3n) is 4.04. The Balaban J connectivity index is 1.75. The lowest BCUT2D eigenvalue weighted by Gasteiger charge is -2.38. The molecule has 2 aliphatic heterocycles. The van der Waals surface area contributed by atoms with Gasteiger partial charge in [-0.2, -0.15) is 0 Å². The summed E-state index contributed by atoms with van der Waals surface area (Å²) in [7, 11) is 0. The highest BCUT2D eigenvalue weighted by Crippen LogP contribution is 2.23. The molecule has 0 aromatic carbocycles. The minimum Gasteiger partial charge on any atom is -0.463 e. The minimum atomic E-state index is 0.00922. The van der Waals surface area contributed by atoms with Crippen LogP contribution in [0.25, 0.3) is 0 Å². The molecule has 0 bridgehead atoms. The Morgan fingerprint density at radius 1 is 1.17 bits per heavy atom. The van der Waals surface area contributed by atoms with Crippen LogP contribution in [0.5, 0.6) is 0 Å². The lowest BCUT2D eigenvalue weighted by molar-refractivity contribution is -0.154. The molecule has 0 atom stereocenters. The van der Waals surface area contributed by atoms with Crippen LogP contribution in [-0.2, 0) is 9.53 Å². The molecule has 18 heavy (non-hydrogen) atoms. The number of nitrogens with zero attached hydrogens (tertiary/aromatic N) is 1. The topological polar surface area (TPSA) is 41.6 Å². The highest BCUT2D eigenvalue weighted by Gasteiger charge is 2.30. The maximum atomic E-state index is 11.8. The fourth-order valence-electron chi connectivity index (χ4n) is 3.00. The van der Waals surface area contributed by atoms with E-state index in [-0.39, 0.29) is 18.0 Å². The van der Waals surface area contributed by atoms with Crippen molar-refractivity contribution >= 4 is 5.97 Å². The minimum absolute atomic E-state index is 0.00922. The predicted octanol–water partition coefficient (Wildman–Crippen LogP) is 1.40. The molecule has 104 valence electrons. The molecule has 0 radical (unpaired) electrons. The van der Waals surface area contributed by atoms with E-state index in [9.17, 15) is 4.79 Å². The number of carbonyl (C=O) groups excluding carboxylic acids is 1. The number of carbonyl (C=O) groups is 1. The van der Waals surface area contributed by atoms with Crippen LogP contribution in [0.15, 0.2) is 0 Å². The summed E-state index contributed by atoms with van der Waals surface area (Å²) in [5.41, 5.74) is 0. The van der Waals surface area contributed by atoms with Gasteiger partial charge in [0.1, 0.15) is 0 Å². The van der Waals surface area contributed by atoms with Crippen molar-refractivity contribution in [2.75, 3.05) is 26.2 Å². The normalized spacial score (nSPS) is 24.4. The van der Waals surface area contributed by atoms with Gasteiger partial charge in [-0.25, -0.2) is 0 Å². The Bertz CT molecular complexity index is 267. The van der Waals surface area contributed by atoms with Gasteiger partial charge in [0.2, 0.25) is 0 Å². The van der Waals surface area contributed by atoms with Crippen molar-refractivity contribution < 1.29 is 9.53 Å². The van der Waals surface area contributed by atoms with Gasteiger partial charge in [-0.1, -0.05) is 0 Å². The van der Waals surface area contributed by atoms with Gasteiger partial charge in [0.15, 0.2) is 0 Å². The first-order chi connectivity index (χ1) is 8.66. The first-order valence-electron chi connectivity index (χ1n) is 7.32. The molecule has 0 unspecified atom stereocenters. The summed E-state index contributed by atoms with van der Waals surface area (Å²) >= 11 is 0. The molecule has 0 spiro atoms. The van der Waals surface area contributed by atoms with Crippen LogP contribution in [-0.4, -0.2) is 49.2 Å². The van der Waals surface area contributed by atoms with Crippen LogP contribution in [0.4, 0.5) is 0 Å². The van der Waals surface area contributed by atoms with Crippen molar-refractivity contribution in [1.29, 1.82) is 0 Å². The maximum absolute atomic E-state index is 11.8. The highest BCUT2D eigenvalue weighted by molar-refractivity contribution is 5.72. The standard InChI is InChI=1S/C14H26N2O2/c1-11(2)18-14(17)12-5-9-16(10-6-12)13-3-7-15-8-4-13/h11-13,15H,3-10H2,1-2H3. The Kier molecular flexibility index (Phi) is 5.01. The molecule has 4 heteroatoms. The Morgan fingerprint density at radius 2 is 1.78 bits per heavy atom. The molecule has 0 amide bonds. The summed E-state index contributed by atoms with van der Waals surface area (Å²) in [6.45, 7) is 8.23. The number of piperidine rings is 2. The molecule has 0 aliphatic carbocycles. The molecule has 4 nitrogen and oxygen atoms in total. The summed E-state index contributed by atoms with van der Waals surface area (Å²) in [5, 5.41) is 3.40. The monoisotopic (exact) mass is 254 g/mol. The van der Waals surface area contributed by atoms with Gasteiger partial charge in [-0.3, -0.25) is 4.79 Å². The van der Waals surface area contributed by atoms with Crippen molar-refractivity contribution in [3.8, 4) is 0 Å².